The molecule has 0 N–H and O–H groups in total. The van der Waals surface area contributed by atoms with Crippen LogP contribution in [0.15, 0.2) is 6.07 Å². The highest BCUT2D eigenvalue weighted by molar-refractivity contribution is 6.31. The quantitative estimate of drug-likeness (QED) is 0.369. The van der Waals surface area contributed by atoms with Crippen molar-refractivity contribution < 1.29 is 17.6 Å². The van der Waals surface area contributed by atoms with Crippen LogP contribution in [0, 0.1) is 17.5 Å². The Bertz CT molecular complexity index is 311. The summed E-state index contributed by atoms with van der Waals surface area (Å²) in [6, 6.07) is 0.537. The minimum atomic E-state index is -1.70. The molecule has 1 aromatic carbocycles. The summed E-state index contributed by atoms with van der Waals surface area (Å²) in [6.45, 7) is -1.26. The van der Waals surface area contributed by atoms with Crippen molar-refractivity contribution in [3.05, 3.63) is 34.1 Å². The number of alkyl halides is 1. The van der Waals surface area contributed by atoms with Crippen LogP contribution in [0.3, 0.4) is 0 Å². The van der Waals surface area contributed by atoms with Crippen LogP contribution in [-0.2, 0) is 6.67 Å². The number of hydrogen-bond donors (Lipinski definition) is 0. The molecule has 0 aliphatic heterocycles. The standard InChI is InChI=1S/C7H3ClF4/c8-4-1-5(10)7(12)6(11)3(4)2-9/h1H,2H2. The third kappa shape index (κ3) is 1.39. The molecule has 0 unspecified atom stereocenters. The first-order valence-electron chi connectivity index (χ1n) is 2.95. The average Bonchev–Trinajstić information content (AvgIpc) is 2.01. The smallest absolute Gasteiger partial charge is 0.194 e. The van der Waals surface area contributed by atoms with E-state index in [0.717, 1.165) is 0 Å². The highest BCUT2D eigenvalue weighted by Crippen LogP contribution is 2.24. The Morgan fingerprint density at radius 2 is 1.75 bits per heavy atom. The van der Waals surface area contributed by atoms with Crippen molar-refractivity contribution >= 4 is 11.6 Å². The minimum absolute atomic E-state index is 0.450. The number of halogens is 5. The highest BCUT2D eigenvalue weighted by atomic mass is 35.5. The molecular formula is C7H3ClF4. The Balaban J connectivity index is 3.40. The second-order valence-electron chi connectivity index (χ2n) is 2.08. The predicted molar refractivity (Wildman–Crippen MR) is 36.1 cm³/mol. The van der Waals surface area contributed by atoms with Gasteiger partial charge in [0.15, 0.2) is 17.5 Å². The molecule has 0 nitrogen and oxygen atoms in total. The molecule has 0 heterocycles. The molecule has 0 spiro atoms. The zero-order valence-corrected chi connectivity index (χ0v) is 6.43. The van der Waals surface area contributed by atoms with E-state index in [9.17, 15) is 17.6 Å². The van der Waals surface area contributed by atoms with E-state index in [1.807, 2.05) is 0 Å². The van der Waals surface area contributed by atoms with Gasteiger partial charge in [0.2, 0.25) is 0 Å². The van der Waals surface area contributed by atoms with Crippen molar-refractivity contribution in [2.75, 3.05) is 0 Å². The van der Waals surface area contributed by atoms with E-state index in [-0.39, 0.29) is 0 Å². The Morgan fingerprint density at radius 3 is 2.25 bits per heavy atom. The van der Waals surface area contributed by atoms with E-state index in [0.29, 0.717) is 6.07 Å². The van der Waals surface area contributed by atoms with Gasteiger partial charge >= 0.3 is 0 Å². The van der Waals surface area contributed by atoms with Crippen molar-refractivity contribution in [2.24, 2.45) is 0 Å². The topological polar surface area (TPSA) is 0 Å². The van der Waals surface area contributed by atoms with Crippen LogP contribution in [0.4, 0.5) is 17.6 Å². The molecule has 0 amide bonds. The maximum atomic E-state index is 12.6. The molecule has 0 saturated heterocycles. The summed E-state index contributed by atoms with van der Waals surface area (Å²) in [6.07, 6.45) is 0. The highest BCUT2D eigenvalue weighted by Gasteiger charge is 2.16. The molecule has 66 valence electrons. The number of hydrogen-bond acceptors (Lipinski definition) is 0. The minimum Gasteiger partial charge on any atom is -0.246 e. The van der Waals surface area contributed by atoms with Crippen LogP contribution in [0.5, 0.6) is 0 Å². The number of benzene rings is 1. The first-order valence-corrected chi connectivity index (χ1v) is 3.33. The van der Waals surface area contributed by atoms with Gasteiger partial charge in [0.05, 0.1) is 5.02 Å². The van der Waals surface area contributed by atoms with Crippen LogP contribution >= 0.6 is 11.6 Å². The van der Waals surface area contributed by atoms with Gasteiger partial charge in [-0.2, -0.15) is 0 Å². The second kappa shape index (κ2) is 3.31. The summed E-state index contributed by atoms with van der Waals surface area (Å²) in [5.74, 6) is -4.69. The van der Waals surface area contributed by atoms with Gasteiger partial charge in [-0.05, 0) is 6.07 Å². The Hall–Kier alpha value is -0.770. The largest absolute Gasteiger partial charge is 0.246 e. The molecule has 0 saturated carbocycles. The molecule has 12 heavy (non-hydrogen) atoms. The van der Waals surface area contributed by atoms with Crippen LogP contribution < -0.4 is 0 Å². The molecule has 1 rings (SSSR count). The lowest BCUT2D eigenvalue weighted by Crippen LogP contribution is -1.97. The Morgan fingerprint density at radius 1 is 1.17 bits per heavy atom. The molecule has 0 aromatic heterocycles. The molecule has 0 radical (unpaired) electrons. The predicted octanol–water partition coefficient (Wildman–Crippen LogP) is 3.23. The van der Waals surface area contributed by atoms with Crippen molar-refractivity contribution in [1.82, 2.24) is 0 Å². The van der Waals surface area contributed by atoms with Crippen LogP contribution in [0.1, 0.15) is 5.56 Å². The fourth-order valence-electron chi connectivity index (χ4n) is 0.726. The van der Waals surface area contributed by atoms with Gasteiger partial charge in [0.1, 0.15) is 6.67 Å². The lowest BCUT2D eigenvalue weighted by molar-refractivity contribution is 0.415. The van der Waals surface area contributed by atoms with E-state index in [1.165, 1.54) is 0 Å². The van der Waals surface area contributed by atoms with Crippen LogP contribution in [-0.4, -0.2) is 0 Å². The lowest BCUT2D eigenvalue weighted by Gasteiger charge is -2.02. The van der Waals surface area contributed by atoms with Crippen molar-refractivity contribution in [2.45, 2.75) is 6.67 Å². The normalized spacial score (nSPS) is 10.4. The first kappa shape index (κ1) is 9.32. The zero-order chi connectivity index (χ0) is 9.30. The van der Waals surface area contributed by atoms with Crippen molar-refractivity contribution in [1.29, 1.82) is 0 Å². The molecule has 0 fully saturated rings. The van der Waals surface area contributed by atoms with E-state index in [4.69, 9.17) is 11.6 Å². The monoisotopic (exact) mass is 198 g/mol. The molecule has 5 heteroatoms. The summed E-state index contributed by atoms with van der Waals surface area (Å²) < 4.78 is 49.2. The van der Waals surface area contributed by atoms with Gasteiger partial charge in [-0.3, -0.25) is 0 Å². The van der Waals surface area contributed by atoms with Gasteiger partial charge < -0.3 is 0 Å². The third-order valence-corrected chi connectivity index (χ3v) is 1.68. The maximum Gasteiger partial charge on any atom is 0.194 e. The lowest BCUT2D eigenvalue weighted by atomic mass is 10.2. The van der Waals surface area contributed by atoms with Gasteiger partial charge in [-0.15, -0.1) is 0 Å². The Kier molecular flexibility index (Phi) is 2.57. The van der Waals surface area contributed by atoms with E-state index >= 15 is 0 Å². The van der Waals surface area contributed by atoms with Crippen LogP contribution in [0.2, 0.25) is 5.02 Å². The maximum absolute atomic E-state index is 12.6. The molecule has 0 aliphatic carbocycles. The fourth-order valence-corrected chi connectivity index (χ4v) is 0.956. The summed E-state index contributed by atoms with van der Waals surface area (Å²) in [7, 11) is 0. The van der Waals surface area contributed by atoms with E-state index in [2.05, 4.69) is 0 Å². The van der Waals surface area contributed by atoms with Crippen molar-refractivity contribution in [3.63, 3.8) is 0 Å². The van der Waals surface area contributed by atoms with Gasteiger partial charge in [0, 0.05) is 5.56 Å². The summed E-state index contributed by atoms with van der Waals surface area (Å²) in [5, 5.41) is -0.450. The Labute approximate surface area is 70.8 Å². The van der Waals surface area contributed by atoms with Gasteiger partial charge in [0.25, 0.3) is 0 Å². The first-order chi connectivity index (χ1) is 5.57. The third-order valence-electron chi connectivity index (χ3n) is 1.34. The molecular weight excluding hydrogens is 196 g/mol. The average molecular weight is 199 g/mol. The molecule has 0 aliphatic rings. The van der Waals surface area contributed by atoms with Crippen molar-refractivity contribution in [3.8, 4) is 0 Å². The fraction of sp³-hybridized carbons (Fsp3) is 0.143. The van der Waals surface area contributed by atoms with E-state index in [1.54, 1.807) is 0 Å². The molecule has 0 bridgehead atoms. The van der Waals surface area contributed by atoms with Gasteiger partial charge in [-0.25, -0.2) is 17.6 Å². The summed E-state index contributed by atoms with van der Waals surface area (Å²) in [4.78, 5) is 0. The second-order valence-corrected chi connectivity index (χ2v) is 2.49. The molecule has 0 atom stereocenters. The number of rotatable bonds is 1. The molecule has 1 aromatic rings. The van der Waals surface area contributed by atoms with Gasteiger partial charge in [-0.1, -0.05) is 11.6 Å². The van der Waals surface area contributed by atoms with E-state index < -0.39 is 34.7 Å². The van der Waals surface area contributed by atoms with Crippen LogP contribution in [0.25, 0.3) is 0 Å². The SMILES string of the molecule is FCc1c(Cl)cc(F)c(F)c1F. The summed E-state index contributed by atoms with van der Waals surface area (Å²) in [5.41, 5.74) is -0.657. The summed E-state index contributed by atoms with van der Waals surface area (Å²) >= 11 is 5.22. The zero-order valence-electron chi connectivity index (χ0n) is 5.67.